The average molecular weight is 357 g/mol. The van der Waals surface area contributed by atoms with Crippen LogP contribution in [0.1, 0.15) is 50.1 Å². The van der Waals surface area contributed by atoms with Crippen LogP contribution in [0.4, 0.5) is 0 Å². The summed E-state index contributed by atoms with van der Waals surface area (Å²) in [6.07, 6.45) is 6.83. The molecule has 0 saturated heterocycles. The van der Waals surface area contributed by atoms with Crippen molar-refractivity contribution in [2.24, 2.45) is 23.5 Å². The Labute approximate surface area is 149 Å². The minimum Gasteiger partial charge on any atom is -0.349 e. The third-order valence-corrected chi connectivity index (χ3v) is 5.70. The summed E-state index contributed by atoms with van der Waals surface area (Å²) in [5, 5.41) is 4.06. The molecule has 3 rings (SSSR count). The van der Waals surface area contributed by atoms with Crippen molar-refractivity contribution in [2.45, 2.75) is 44.6 Å². The van der Waals surface area contributed by atoms with Crippen molar-refractivity contribution in [3.8, 4) is 0 Å². The molecule has 1 amide bonds. The van der Waals surface area contributed by atoms with Gasteiger partial charge in [0, 0.05) is 10.9 Å². The lowest BCUT2D eigenvalue weighted by atomic mass is 9.77. The molecule has 2 aliphatic carbocycles. The summed E-state index contributed by atoms with van der Waals surface area (Å²) in [6.45, 7) is 0.618. The van der Waals surface area contributed by atoms with Crippen LogP contribution in [-0.2, 0) is 4.79 Å². The van der Waals surface area contributed by atoms with Crippen molar-refractivity contribution in [2.75, 3.05) is 6.54 Å². The van der Waals surface area contributed by atoms with Crippen LogP contribution >= 0.6 is 24.0 Å². The van der Waals surface area contributed by atoms with Gasteiger partial charge < -0.3 is 11.1 Å². The molecule has 2 saturated carbocycles. The third-order valence-electron chi connectivity index (χ3n) is 5.45. The van der Waals surface area contributed by atoms with E-state index < -0.39 is 0 Å². The number of carbonyl (C=O) groups excluding carboxylic acids is 1. The van der Waals surface area contributed by atoms with Crippen molar-refractivity contribution in [1.29, 1.82) is 0 Å². The van der Waals surface area contributed by atoms with E-state index in [1.54, 1.807) is 0 Å². The molecule has 3 N–H and O–H groups in total. The number of benzene rings is 1. The van der Waals surface area contributed by atoms with Crippen molar-refractivity contribution >= 4 is 29.9 Å². The number of hydrogen-bond acceptors (Lipinski definition) is 2. The molecule has 1 unspecified atom stereocenters. The van der Waals surface area contributed by atoms with Gasteiger partial charge in [0.05, 0.1) is 6.04 Å². The Hall–Kier alpha value is -0.770. The van der Waals surface area contributed by atoms with Crippen molar-refractivity contribution in [3.05, 3.63) is 34.9 Å². The summed E-state index contributed by atoms with van der Waals surface area (Å²) in [5.74, 6) is 1.20. The topological polar surface area (TPSA) is 55.1 Å². The molecule has 0 aliphatic heterocycles. The highest BCUT2D eigenvalue weighted by Crippen LogP contribution is 2.39. The molecular formula is C18H26Cl2N2O. The fourth-order valence-electron chi connectivity index (χ4n) is 3.84. The van der Waals surface area contributed by atoms with Crippen LogP contribution in [0.3, 0.4) is 0 Å². The molecule has 5 heteroatoms. The number of rotatable bonds is 5. The first-order valence-corrected chi connectivity index (χ1v) is 8.82. The number of carbonyl (C=O) groups is 1. The van der Waals surface area contributed by atoms with E-state index >= 15 is 0 Å². The van der Waals surface area contributed by atoms with Crippen LogP contribution in [0.15, 0.2) is 24.3 Å². The van der Waals surface area contributed by atoms with Gasteiger partial charge in [0.1, 0.15) is 0 Å². The standard InChI is InChI=1S/C18H25ClN2O.ClH/c19-15-9-7-13(8-10-15)17(12-3-1-4-12)21-18(22)16-6-2-5-14(16)11-20;/h7-10,12,14,16-17H,1-6,11,20H2,(H,21,22);1H/t14-,16-,17?;/m1./s1. The second-order valence-corrected chi connectivity index (χ2v) is 7.20. The molecule has 3 nitrogen and oxygen atoms in total. The number of nitrogens with one attached hydrogen (secondary N) is 1. The van der Waals surface area contributed by atoms with Crippen molar-refractivity contribution in [3.63, 3.8) is 0 Å². The maximum atomic E-state index is 12.7. The Morgan fingerprint density at radius 2 is 1.83 bits per heavy atom. The molecule has 0 bridgehead atoms. The average Bonchev–Trinajstić information content (AvgIpc) is 2.94. The van der Waals surface area contributed by atoms with Crippen LogP contribution in [0.5, 0.6) is 0 Å². The SMILES string of the molecule is Cl.NC[C@H]1CCC[C@H]1C(=O)NC(c1ccc(Cl)cc1)C1CCC1. The first kappa shape index (κ1) is 18.6. The minimum atomic E-state index is 0. The van der Waals surface area contributed by atoms with Gasteiger partial charge in [0.15, 0.2) is 0 Å². The normalized spacial score (nSPS) is 25.3. The van der Waals surface area contributed by atoms with Crippen molar-refractivity contribution in [1.82, 2.24) is 5.32 Å². The van der Waals surface area contributed by atoms with Gasteiger partial charge in [-0.25, -0.2) is 0 Å². The number of nitrogens with two attached hydrogens (primary N) is 1. The maximum absolute atomic E-state index is 12.7. The van der Waals surface area contributed by atoms with Crippen LogP contribution in [0.2, 0.25) is 5.02 Å². The van der Waals surface area contributed by atoms with Gasteiger partial charge in [-0.1, -0.05) is 36.6 Å². The summed E-state index contributed by atoms with van der Waals surface area (Å²) < 4.78 is 0. The molecule has 0 spiro atoms. The molecule has 128 valence electrons. The van der Waals surface area contributed by atoms with Gasteiger partial charge in [-0.05, 0) is 61.8 Å². The molecule has 2 fully saturated rings. The lowest BCUT2D eigenvalue weighted by Crippen LogP contribution is -2.41. The van der Waals surface area contributed by atoms with E-state index in [1.807, 2.05) is 24.3 Å². The van der Waals surface area contributed by atoms with E-state index in [1.165, 1.54) is 24.8 Å². The second-order valence-electron chi connectivity index (χ2n) is 6.76. The van der Waals surface area contributed by atoms with Gasteiger partial charge in [-0.15, -0.1) is 12.4 Å². The number of amides is 1. The molecule has 3 atom stereocenters. The van der Waals surface area contributed by atoms with Gasteiger partial charge in [0.2, 0.25) is 5.91 Å². The van der Waals surface area contributed by atoms with E-state index in [4.69, 9.17) is 17.3 Å². The highest BCUT2D eigenvalue weighted by Gasteiger charge is 2.35. The van der Waals surface area contributed by atoms with E-state index in [-0.39, 0.29) is 30.3 Å². The smallest absolute Gasteiger partial charge is 0.223 e. The zero-order chi connectivity index (χ0) is 15.5. The molecule has 0 heterocycles. The van der Waals surface area contributed by atoms with Crippen LogP contribution in [0.25, 0.3) is 0 Å². The lowest BCUT2D eigenvalue weighted by Gasteiger charge is -2.35. The van der Waals surface area contributed by atoms with Gasteiger partial charge in [0.25, 0.3) is 0 Å². The summed E-state index contributed by atoms with van der Waals surface area (Å²) in [7, 11) is 0. The van der Waals surface area contributed by atoms with E-state index in [2.05, 4.69) is 5.32 Å². The first-order valence-electron chi connectivity index (χ1n) is 8.45. The van der Waals surface area contributed by atoms with E-state index in [0.29, 0.717) is 18.4 Å². The largest absolute Gasteiger partial charge is 0.349 e. The predicted octanol–water partition coefficient (Wildman–Crippen LogP) is 4.09. The zero-order valence-corrected chi connectivity index (χ0v) is 14.9. The molecule has 0 radical (unpaired) electrons. The lowest BCUT2D eigenvalue weighted by molar-refractivity contribution is -0.127. The molecule has 1 aromatic rings. The minimum absolute atomic E-state index is 0. The molecule has 1 aromatic carbocycles. The Kier molecular flexibility index (Phi) is 6.75. The van der Waals surface area contributed by atoms with Crippen LogP contribution < -0.4 is 11.1 Å². The third kappa shape index (κ3) is 4.20. The fraction of sp³-hybridized carbons (Fsp3) is 0.611. The summed E-state index contributed by atoms with van der Waals surface area (Å²) in [5.41, 5.74) is 6.99. The summed E-state index contributed by atoms with van der Waals surface area (Å²) in [6, 6.07) is 8.03. The van der Waals surface area contributed by atoms with Crippen molar-refractivity contribution < 1.29 is 4.79 Å². The highest BCUT2D eigenvalue weighted by molar-refractivity contribution is 6.30. The highest BCUT2D eigenvalue weighted by atomic mass is 35.5. The number of hydrogen-bond donors (Lipinski definition) is 2. The first-order chi connectivity index (χ1) is 10.7. The summed E-state index contributed by atoms with van der Waals surface area (Å²) in [4.78, 5) is 12.7. The van der Waals surface area contributed by atoms with E-state index in [9.17, 15) is 4.79 Å². The second kappa shape index (κ2) is 8.36. The van der Waals surface area contributed by atoms with E-state index in [0.717, 1.165) is 24.3 Å². The quantitative estimate of drug-likeness (QED) is 0.834. The Balaban J connectivity index is 0.00000192. The Morgan fingerprint density at radius 1 is 1.17 bits per heavy atom. The fourth-order valence-corrected chi connectivity index (χ4v) is 3.97. The predicted molar refractivity (Wildman–Crippen MR) is 96.8 cm³/mol. The molecule has 0 aromatic heterocycles. The van der Waals surface area contributed by atoms with Gasteiger partial charge in [-0.3, -0.25) is 4.79 Å². The van der Waals surface area contributed by atoms with Gasteiger partial charge >= 0.3 is 0 Å². The Bertz CT molecular complexity index is 516. The number of halogens is 2. The maximum Gasteiger partial charge on any atom is 0.223 e. The summed E-state index contributed by atoms with van der Waals surface area (Å²) >= 11 is 5.99. The zero-order valence-electron chi connectivity index (χ0n) is 13.3. The van der Waals surface area contributed by atoms with Gasteiger partial charge in [-0.2, -0.15) is 0 Å². The van der Waals surface area contributed by atoms with Crippen LogP contribution in [-0.4, -0.2) is 12.5 Å². The molecule has 2 aliphatic rings. The Morgan fingerprint density at radius 3 is 2.39 bits per heavy atom. The monoisotopic (exact) mass is 356 g/mol. The molecule has 23 heavy (non-hydrogen) atoms. The van der Waals surface area contributed by atoms with Crippen LogP contribution in [0, 0.1) is 17.8 Å². The molecular weight excluding hydrogens is 331 g/mol.